The lowest BCUT2D eigenvalue weighted by Gasteiger charge is -2.04. The van der Waals surface area contributed by atoms with Gasteiger partial charge in [0.2, 0.25) is 0 Å². The summed E-state index contributed by atoms with van der Waals surface area (Å²) >= 11 is 1.59. The first-order chi connectivity index (χ1) is 12.7. The van der Waals surface area contributed by atoms with Crippen molar-refractivity contribution in [3.8, 4) is 10.6 Å². The summed E-state index contributed by atoms with van der Waals surface area (Å²) in [4.78, 5) is 13.3. The molecule has 128 valence electrons. The second-order valence-corrected chi connectivity index (χ2v) is 6.79. The molecule has 0 unspecified atom stereocenters. The van der Waals surface area contributed by atoms with E-state index in [1.807, 2.05) is 48.7 Å². The van der Waals surface area contributed by atoms with Crippen LogP contribution in [0, 0.1) is 0 Å². The van der Waals surface area contributed by atoms with Crippen LogP contribution in [0.1, 0.15) is 23.0 Å². The molecule has 1 amide bonds. The molecule has 2 heterocycles. The highest BCUT2D eigenvalue weighted by molar-refractivity contribution is 7.13. The van der Waals surface area contributed by atoms with E-state index in [1.54, 1.807) is 17.4 Å². The van der Waals surface area contributed by atoms with E-state index in [0.717, 1.165) is 27.2 Å². The number of thiophene rings is 1. The number of hydrogen-bond donors (Lipinski definition) is 2. The standard InChI is InChI=1S/C20H16N4OS/c1-13(15-9-8-14-5-2-3-6-16(14)11-15)21-24-20(25)18-12-17(22-23-18)19-7-4-10-26-19/h2-12H,1H3,(H,22,23)(H,24,25)/b21-13+. The molecule has 0 aliphatic carbocycles. The van der Waals surface area contributed by atoms with Gasteiger partial charge in [0.1, 0.15) is 0 Å². The number of carbonyl (C=O) groups is 1. The van der Waals surface area contributed by atoms with Crippen LogP contribution in [0.4, 0.5) is 0 Å². The number of hydrazone groups is 1. The minimum absolute atomic E-state index is 0.309. The van der Waals surface area contributed by atoms with Crippen molar-refractivity contribution in [1.29, 1.82) is 0 Å². The molecule has 4 rings (SSSR count). The van der Waals surface area contributed by atoms with Gasteiger partial charge in [-0.25, -0.2) is 5.43 Å². The summed E-state index contributed by atoms with van der Waals surface area (Å²) in [7, 11) is 0. The molecule has 0 saturated carbocycles. The zero-order valence-electron chi connectivity index (χ0n) is 14.1. The van der Waals surface area contributed by atoms with E-state index in [1.165, 1.54) is 5.39 Å². The van der Waals surface area contributed by atoms with Crippen LogP contribution < -0.4 is 5.43 Å². The Hall–Kier alpha value is -3.25. The van der Waals surface area contributed by atoms with Gasteiger partial charge in [-0.2, -0.15) is 10.2 Å². The van der Waals surface area contributed by atoms with Crippen molar-refractivity contribution in [2.45, 2.75) is 6.92 Å². The summed E-state index contributed by atoms with van der Waals surface area (Å²) < 4.78 is 0. The van der Waals surface area contributed by atoms with Crippen LogP contribution in [0.3, 0.4) is 0 Å². The predicted molar refractivity (Wildman–Crippen MR) is 106 cm³/mol. The van der Waals surface area contributed by atoms with Crippen LogP contribution in [0.15, 0.2) is 71.1 Å². The van der Waals surface area contributed by atoms with Crippen molar-refractivity contribution in [2.24, 2.45) is 5.10 Å². The van der Waals surface area contributed by atoms with E-state index < -0.39 is 0 Å². The number of H-pyrrole nitrogens is 1. The van der Waals surface area contributed by atoms with Gasteiger partial charge >= 0.3 is 0 Å². The van der Waals surface area contributed by atoms with E-state index in [2.05, 4.69) is 38.9 Å². The van der Waals surface area contributed by atoms with Crippen molar-refractivity contribution in [2.75, 3.05) is 0 Å². The molecule has 5 nitrogen and oxygen atoms in total. The van der Waals surface area contributed by atoms with E-state index >= 15 is 0 Å². The normalized spacial score (nSPS) is 11.7. The Kier molecular flexibility index (Phi) is 4.33. The van der Waals surface area contributed by atoms with Gasteiger partial charge in [0.15, 0.2) is 5.69 Å². The molecule has 0 radical (unpaired) electrons. The van der Waals surface area contributed by atoms with Gasteiger partial charge in [-0.15, -0.1) is 11.3 Å². The molecule has 6 heteroatoms. The van der Waals surface area contributed by atoms with E-state index in [-0.39, 0.29) is 5.91 Å². The Labute approximate surface area is 154 Å². The summed E-state index contributed by atoms with van der Waals surface area (Å²) in [6, 6.07) is 19.9. The van der Waals surface area contributed by atoms with Crippen molar-refractivity contribution in [3.63, 3.8) is 0 Å². The monoisotopic (exact) mass is 360 g/mol. The fraction of sp³-hybridized carbons (Fsp3) is 0.0500. The third-order valence-corrected chi connectivity index (χ3v) is 4.99. The summed E-state index contributed by atoms with van der Waals surface area (Å²) in [5, 5.41) is 15.4. The highest BCUT2D eigenvalue weighted by Crippen LogP contribution is 2.22. The maximum Gasteiger partial charge on any atom is 0.291 e. The van der Waals surface area contributed by atoms with Crippen molar-refractivity contribution < 1.29 is 4.79 Å². The largest absolute Gasteiger partial charge is 0.291 e. The van der Waals surface area contributed by atoms with Gasteiger partial charge in [-0.3, -0.25) is 9.89 Å². The van der Waals surface area contributed by atoms with Crippen LogP contribution in [-0.2, 0) is 0 Å². The van der Waals surface area contributed by atoms with E-state index in [9.17, 15) is 4.79 Å². The number of nitrogens with one attached hydrogen (secondary N) is 2. The second-order valence-electron chi connectivity index (χ2n) is 5.84. The molecule has 0 aliphatic rings. The van der Waals surface area contributed by atoms with Crippen LogP contribution in [0.25, 0.3) is 21.3 Å². The van der Waals surface area contributed by atoms with Crippen LogP contribution >= 0.6 is 11.3 Å². The molecule has 4 aromatic rings. The molecular formula is C20H16N4OS. The summed E-state index contributed by atoms with van der Waals surface area (Å²) in [5.41, 5.74) is 5.40. The number of aromatic nitrogens is 2. The molecule has 0 saturated heterocycles. The van der Waals surface area contributed by atoms with Gasteiger partial charge in [0.05, 0.1) is 16.3 Å². The van der Waals surface area contributed by atoms with Gasteiger partial charge in [-0.1, -0.05) is 42.5 Å². The zero-order valence-corrected chi connectivity index (χ0v) is 14.9. The topological polar surface area (TPSA) is 70.1 Å². The van der Waals surface area contributed by atoms with Gasteiger partial charge < -0.3 is 0 Å². The fourth-order valence-corrected chi connectivity index (χ4v) is 3.36. The predicted octanol–water partition coefficient (Wildman–Crippen LogP) is 4.45. The molecule has 26 heavy (non-hydrogen) atoms. The SMILES string of the molecule is C/C(=N\NC(=O)c1cc(-c2cccs2)[nH]n1)c1ccc2ccccc2c1. The zero-order chi connectivity index (χ0) is 17.9. The Morgan fingerprint density at radius 1 is 1.08 bits per heavy atom. The molecule has 0 bridgehead atoms. The molecule has 2 N–H and O–H groups in total. The van der Waals surface area contributed by atoms with Crippen molar-refractivity contribution in [1.82, 2.24) is 15.6 Å². The molecule has 2 aromatic heterocycles. The number of hydrogen-bond acceptors (Lipinski definition) is 4. The third kappa shape index (κ3) is 3.27. The average molecular weight is 360 g/mol. The number of fused-ring (bicyclic) bond motifs is 1. The number of carbonyl (C=O) groups excluding carboxylic acids is 1. The molecule has 0 atom stereocenters. The first-order valence-electron chi connectivity index (χ1n) is 8.14. The number of amides is 1. The summed E-state index contributed by atoms with van der Waals surface area (Å²) in [6.07, 6.45) is 0. The lowest BCUT2D eigenvalue weighted by Crippen LogP contribution is -2.19. The minimum Gasteiger partial charge on any atom is -0.276 e. The Bertz CT molecular complexity index is 1100. The molecule has 0 spiro atoms. The highest BCUT2D eigenvalue weighted by atomic mass is 32.1. The van der Waals surface area contributed by atoms with E-state index in [0.29, 0.717) is 5.69 Å². The maximum absolute atomic E-state index is 12.3. The lowest BCUT2D eigenvalue weighted by molar-refractivity contribution is 0.0950. The molecule has 0 aliphatic heterocycles. The Morgan fingerprint density at radius 3 is 2.73 bits per heavy atom. The highest BCUT2D eigenvalue weighted by Gasteiger charge is 2.11. The number of benzene rings is 2. The van der Waals surface area contributed by atoms with Crippen LogP contribution in [0.5, 0.6) is 0 Å². The van der Waals surface area contributed by atoms with Gasteiger partial charge in [0.25, 0.3) is 5.91 Å². The number of aromatic amines is 1. The van der Waals surface area contributed by atoms with Crippen LogP contribution in [0.2, 0.25) is 0 Å². The summed E-state index contributed by atoms with van der Waals surface area (Å²) in [5.74, 6) is -0.343. The quantitative estimate of drug-likeness (QED) is 0.417. The maximum atomic E-state index is 12.3. The van der Waals surface area contributed by atoms with Crippen LogP contribution in [-0.4, -0.2) is 21.8 Å². The second kappa shape index (κ2) is 6.93. The summed E-state index contributed by atoms with van der Waals surface area (Å²) in [6.45, 7) is 1.87. The van der Waals surface area contributed by atoms with Gasteiger partial charge in [0, 0.05) is 0 Å². The average Bonchev–Trinajstić information content (AvgIpc) is 3.36. The van der Waals surface area contributed by atoms with Gasteiger partial charge in [-0.05, 0) is 46.8 Å². The van der Waals surface area contributed by atoms with E-state index in [4.69, 9.17) is 0 Å². The third-order valence-electron chi connectivity index (χ3n) is 4.09. The first-order valence-corrected chi connectivity index (χ1v) is 9.02. The minimum atomic E-state index is -0.343. The smallest absolute Gasteiger partial charge is 0.276 e. The Balaban J connectivity index is 1.50. The fourth-order valence-electron chi connectivity index (χ4n) is 2.67. The molecule has 0 fully saturated rings. The molecule has 2 aromatic carbocycles. The van der Waals surface area contributed by atoms with Crippen molar-refractivity contribution >= 4 is 33.7 Å². The molecular weight excluding hydrogens is 344 g/mol. The first kappa shape index (κ1) is 16.2. The number of nitrogens with zero attached hydrogens (tertiary/aromatic N) is 2. The Morgan fingerprint density at radius 2 is 1.92 bits per heavy atom. The number of rotatable bonds is 4. The van der Waals surface area contributed by atoms with Crippen molar-refractivity contribution in [3.05, 3.63) is 77.3 Å². The lowest BCUT2D eigenvalue weighted by atomic mass is 10.0.